The van der Waals surface area contributed by atoms with Gasteiger partial charge in [-0.3, -0.25) is 4.57 Å². The largest absolute Gasteiger partial charge is 0.445 e. The molecule has 3 aromatic heterocycles. The average molecular weight is 461 g/mol. The van der Waals surface area contributed by atoms with Gasteiger partial charge in [-0.05, 0) is 38.0 Å². The van der Waals surface area contributed by atoms with Crippen molar-refractivity contribution in [1.82, 2.24) is 19.5 Å². The molecule has 3 heterocycles. The molecule has 0 fully saturated rings. The summed E-state index contributed by atoms with van der Waals surface area (Å²) in [5, 5.41) is 0.255. The topological polar surface area (TPSA) is 92.3 Å². The molecule has 10 heteroatoms. The van der Waals surface area contributed by atoms with Crippen molar-refractivity contribution >= 4 is 35.9 Å². The molecule has 0 saturated carbocycles. The van der Waals surface area contributed by atoms with Crippen LogP contribution >= 0.6 is 19.2 Å². The fourth-order valence-electron chi connectivity index (χ4n) is 3.29. The lowest BCUT2D eigenvalue weighted by Crippen LogP contribution is -2.08. The number of nitrogens with zero attached hydrogens (tertiary/aromatic N) is 4. The van der Waals surface area contributed by atoms with Crippen molar-refractivity contribution in [2.45, 2.75) is 26.8 Å². The van der Waals surface area contributed by atoms with Gasteiger partial charge in [0.25, 0.3) is 0 Å². The summed E-state index contributed by atoms with van der Waals surface area (Å²) in [6, 6.07) is 13.4. The number of rotatable bonds is 9. The quantitative estimate of drug-likeness (QED) is 0.260. The third kappa shape index (κ3) is 4.43. The number of furan rings is 1. The molecule has 4 rings (SSSR count). The second-order valence-electron chi connectivity index (χ2n) is 6.63. The minimum Gasteiger partial charge on any atom is -0.445 e. The van der Waals surface area contributed by atoms with E-state index < -0.39 is 7.60 Å². The van der Waals surface area contributed by atoms with Gasteiger partial charge >= 0.3 is 7.60 Å². The third-order valence-corrected chi connectivity index (χ3v) is 6.89. The number of halogens is 1. The smallest absolute Gasteiger partial charge is 0.396 e. The molecule has 31 heavy (non-hydrogen) atoms. The van der Waals surface area contributed by atoms with Crippen molar-refractivity contribution in [2.24, 2.45) is 0 Å². The lowest BCUT2D eigenvalue weighted by atomic mass is 10.1. The highest BCUT2D eigenvalue weighted by molar-refractivity contribution is 7.61. The van der Waals surface area contributed by atoms with Crippen molar-refractivity contribution < 1.29 is 18.0 Å². The lowest BCUT2D eigenvalue weighted by molar-refractivity contribution is 0.225. The second-order valence-corrected chi connectivity index (χ2v) is 8.94. The fraction of sp³-hybridized carbons (Fsp3) is 0.286. The highest BCUT2D eigenvalue weighted by Gasteiger charge is 2.32. The molecule has 162 valence electrons. The number of hydrogen-bond donors (Lipinski definition) is 0. The van der Waals surface area contributed by atoms with Crippen LogP contribution in [-0.2, 0) is 26.6 Å². The molecule has 0 N–H and O–H groups in total. The third-order valence-electron chi connectivity index (χ3n) is 4.63. The molecule has 0 bridgehead atoms. The van der Waals surface area contributed by atoms with E-state index in [0.717, 1.165) is 6.42 Å². The van der Waals surface area contributed by atoms with Gasteiger partial charge in [0.05, 0.1) is 13.2 Å². The first kappa shape index (κ1) is 21.7. The normalized spacial score (nSPS) is 12.0. The Kier molecular flexibility index (Phi) is 6.53. The van der Waals surface area contributed by atoms with Gasteiger partial charge in [-0.15, -0.1) is 0 Å². The van der Waals surface area contributed by atoms with E-state index in [1.165, 1.54) is 11.9 Å². The molecule has 0 radical (unpaired) electrons. The van der Waals surface area contributed by atoms with Crippen molar-refractivity contribution in [3.63, 3.8) is 0 Å². The molecular formula is C21H22ClN4O4P. The Morgan fingerprint density at radius 2 is 1.81 bits per heavy atom. The standard InChI is InChI=1S/C21H22ClN4O4P/c1-3-28-31(27,29-4-2)17-11-10-16(30-17)20-25-18-19(22)23-14-24-21(18)26(20)13-12-15-8-6-5-7-9-15/h5-11,14H,3-4,12-13H2,1-2H3. The molecule has 0 amide bonds. The fourth-order valence-corrected chi connectivity index (χ4v) is 4.94. The van der Waals surface area contributed by atoms with Crippen LogP contribution in [-0.4, -0.2) is 32.7 Å². The molecule has 8 nitrogen and oxygen atoms in total. The van der Waals surface area contributed by atoms with Gasteiger partial charge in [-0.1, -0.05) is 41.9 Å². The highest BCUT2D eigenvalue weighted by atomic mass is 35.5. The summed E-state index contributed by atoms with van der Waals surface area (Å²) in [5.74, 6) is 0.927. The zero-order chi connectivity index (χ0) is 21.8. The minimum atomic E-state index is -3.55. The first-order chi connectivity index (χ1) is 15.1. The van der Waals surface area contributed by atoms with E-state index in [0.29, 0.717) is 29.3 Å². The zero-order valence-corrected chi connectivity index (χ0v) is 18.8. The molecule has 0 saturated heterocycles. The molecule has 4 aromatic rings. The number of imidazole rings is 1. The van der Waals surface area contributed by atoms with E-state index in [9.17, 15) is 4.57 Å². The number of aromatic nitrogens is 4. The number of fused-ring (bicyclic) bond motifs is 1. The van der Waals surface area contributed by atoms with Gasteiger partial charge in [-0.25, -0.2) is 15.0 Å². The Balaban J connectivity index is 1.76. The first-order valence-corrected chi connectivity index (χ1v) is 11.9. The lowest BCUT2D eigenvalue weighted by Gasteiger charge is -2.14. The number of aryl methyl sites for hydroxylation is 2. The van der Waals surface area contributed by atoms with Crippen LogP contribution in [0.5, 0.6) is 0 Å². The number of hydrogen-bond acceptors (Lipinski definition) is 7. The molecular weight excluding hydrogens is 439 g/mol. The number of benzene rings is 1. The van der Waals surface area contributed by atoms with Gasteiger partial charge in [0, 0.05) is 6.54 Å². The Bertz CT molecular complexity index is 1210. The minimum absolute atomic E-state index is 0.130. The van der Waals surface area contributed by atoms with E-state index in [2.05, 4.69) is 27.1 Å². The molecule has 0 aliphatic heterocycles. The second kappa shape index (κ2) is 9.32. The predicted octanol–water partition coefficient (Wildman–Crippen LogP) is 4.87. The monoisotopic (exact) mass is 460 g/mol. The van der Waals surface area contributed by atoms with E-state index in [1.54, 1.807) is 26.0 Å². The van der Waals surface area contributed by atoms with Crippen LogP contribution in [0.15, 0.2) is 53.2 Å². The summed E-state index contributed by atoms with van der Waals surface area (Å²) < 4.78 is 31.7. The summed E-state index contributed by atoms with van der Waals surface area (Å²) >= 11 is 6.27. The van der Waals surface area contributed by atoms with Crippen molar-refractivity contribution in [1.29, 1.82) is 0 Å². The van der Waals surface area contributed by atoms with Crippen molar-refractivity contribution in [3.8, 4) is 11.6 Å². The highest BCUT2D eigenvalue weighted by Crippen LogP contribution is 2.47. The summed E-state index contributed by atoms with van der Waals surface area (Å²) in [6.07, 6.45) is 2.16. The van der Waals surface area contributed by atoms with Gasteiger partial charge in [0.15, 0.2) is 22.4 Å². The van der Waals surface area contributed by atoms with Crippen LogP contribution in [0.25, 0.3) is 22.7 Å². The molecule has 0 aliphatic rings. The Morgan fingerprint density at radius 1 is 1.06 bits per heavy atom. The Hall–Kier alpha value is -2.51. The van der Waals surface area contributed by atoms with Gasteiger partial charge in [0.2, 0.25) is 5.50 Å². The van der Waals surface area contributed by atoms with Crippen LogP contribution in [0.3, 0.4) is 0 Å². The summed E-state index contributed by atoms with van der Waals surface area (Å²) in [4.78, 5) is 13.0. The van der Waals surface area contributed by atoms with Crippen LogP contribution in [0, 0.1) is 0 Å². The van der Waals surface area contributed by atoms with Crippen LogP contribution in [0.4, 0.5) is 0 Å². The average Bonchev–Trinajstić information content (AvgIpc) is 3.39. The summed E-state index contributed by atoms with van der Waals surface area (Å²) in [6.45, 7) is 4.55. The molecule has 0 unspecified atom stereocenters. The van der Waals surface area contributed by atoms with Crippen LogP contribution < -0.4 is 5.50 Å². The molecule has 1 aromatic carbocycles. The van der Waals surface area contributed by atoms with E-state index in [-0.39, 0.29) is 23.9 Å². The van der Waals surface area contributed by atoms with Gasteiger partial charge in [-0.2, -0.15) is 0 Å². The van der Waals surface area contributed by atoms with E-state index in [4.69, 9.17) is 25.1 Å². The first-order valence-electron chi connectivity index (χ1n) is 9.96. The van der Waals surface area contributed by atoms with Crippen LogP contribution in [0.2, 0.25) is 5.15 Å². The van der Waals surface area contributed by atoms with Crippen molar-refractivity contribution in [2.75, 3.05) is 13.2 Å². The van der Waals surface area contributed by atoms with E-state index >= 15 is 0 Å². The van der Waals surface area contributed by atoms with Gasteiger partial charge < -0.3 is 18.0 Å². The zero-order valence-electron chi connectivity index (χ0n) is 17.2. The maximum Gasteiger partial charge on any atom is 0.396 e. The molecule has 0 atom stereocenters. The Morgan fingerprint density at radius 3 is 2.52 bits per heavy atom. The predicted molar refractivity (Wildman–Crippen MR) is 119 cm³/mol. The summed E-state index contributed by atoms with van der Waals surface area (Å²) in [5.41, 5.74) is 2.38. The summed E-state index contributed by atoms with van der Waals surface area (Å²) in [7, 11) is -3.55. The van der Waals surface area contributed by atoms with Crippen LogP contribution in [0.1, 0.15) is 19.4 Å². The van der Waals surface area contributed by atoms with Crippen molar-refractivity contribution in [3.05, 3.63) is 59.5 Å². The SMILES string of the molecule is CCOP(=O)(OCC)c1ccc(-c2nc3c(Cl)ncnc3n2CCc2ccccc2)o1. The molecule has 0 spiro atoms. The Labute approximate surface area is 184 Å². The van der Waals surface area contributed by atoms with Gasteiger partial charge in [0.1, 0.15) is 11.8 Å². The maximum absolute atomic E-state index is 13.1. The maximum atomic E-state index is 13.1. The molecule has 0 aliphatic carbocycles. The van der Waals surface area contributed by atoms with E-state index in [1.807, 2.05) is 22.8 Å².